The van der Waals surface area contributed by atoms with Gasteiger partial charge in [-0.05, 0) is 37.1 Å². The summed E-state index contributed by atoms with van der Waals surface area (Å²) in [5, 5.41) is 5.71. The van der Waals surface area contributed by atoms with Gasteiger partial charge < -0.3 is 15.5 Å². The Hall–Kier alpha value is -1.97. The number of nitrogens with one attached hydrogen (secondary N) is 3. The number of hydrogen-bond donors (Lipinski definition) is 3. The van der Waals surface area contributed by atoms with Gasteiger partial charge in [0.05, 0.1) is 31.1 Å². The molecule has 9 heteroatoms. The van der Waals surface area contributed by atoms with Crippen LogP contribution in [0.15, 0.2) is 29.2 Å². The van der Waals surface area contributed by atoms with E-state index < -0.39 is 10.0 Å². The van der Waals surface area contributed by atoms with Gasteiger partial charge in [-0.2, -0.15) is 4.31 Å². The highest BCUT2D eigenvalue weighted by atomic mass is 32.2. The molecular weight excluding hydrogens is 380 g/mol. The van der Waals surface area contributed by atoms with Crippen LogP contribution in [0.2, 0.25) is 0 Å². The summed E-state index contributed by atoms with van der Waals surface area (Å²) in [5.74, 6) is -0.140. The molecule has 1 aromatic rings. The zero-order valence-corrected chi connectivity index (χ0v) is 17.1. The first-order valence-corrected chi connectivity index (χ1v) is 11.3. The van der Waals surface area contributed by atoms with Crippen molar-refractivity contribution < 1.29 is 22.9 Å². The largest absolute Gasteiger partial charge is 0.348 e. The number of sulfonamides is 1. The molecule has 1 saturated heterocycles. The molecule has 1 aromatic carbocycles. The third-order valence-electron chi connectivity index (χ3n) is 5.37. The summed E-state index contributed by atoms with van der Waals surface area (Å²) in [6.45, 7) is 3.81. The van der Waals surface area contributed by atoms with E-state index in [0.717, 1.165) is 17.7 Å². The summed E-state index contributed by atoms with van der Waals surface area (Å²) in [4.78, 5) is 24.6. The number of quaternary nitrogens is 1. The van der Waals surface area contributed by atoms with Crippen molar-refractivity contribution in [1.82, 2.24) is 9.62 Å². The van der Waals surface area contributed by atoms with Crippen molar-refractivity contribution in [3.05, 3.63) is 24.3 Å². The maximum Gasteiger partial charge on any atom is 0.275 e. The fourth-order valence-corrected chi connectivity index (χ4v) is 5.30. The maximum absolute atomic E-state index is 12.8. The normalized spacial score (nSPS) is 19.5. The molecule has 154 valence electrons. The minimum Gasteiger partial charge on any atom is -0.348 e. The number of nitrogens with zero attached hydrogens (tertiary/aromatic N) is 1. The first-order valence-electron chi connectivity index (χ1n) is 9.85. The summed E-state index contributed by atoms with van der Waals surface area (Å²) < 4.78 is 27.1. The summed E-state index contributed by atoms with van der Waals surface area (Å²) in [6.07, 6.45) is 4.49. The lowest BCUT2D eigenvalue weighted by Crippen LogP contribution is -3.15. The Balaban J connectivity index is 1.51. The van der Waals surface area contributed by atoms with E-state index in [1.165, 1.54) is 36.2 Å². The molecule has 0 radical (unpaired) electrons. The van der Waals surface area contributed by atoms with E-state index in [0.29, 0.717) is 44.5 Å². The predicted molar refractivity (Wildman–Crippen MR) is 105 cm³/mol. The molecule has 0 atom stereocenters. The van der Waals surface area contributed by atoms with Crippen molar-refractivity contribution in [2.24, 2.45) is 0 Å². The van der Waals surface area contributed by atoms with Gasteiger partial charge >= 0.3 is 0 Å². The average Bonchev–Trinajstić information content (AvgIpc) is 3.15. The summed E-state index contributed by atoms with van der Waals surface area (Å²) >= 11 is 0. The van der Waals surface area contributed by atoms with Crippen LogP contribution in [0.4, 0.5) is 5.69 Å². The number of anilines is 1. The van der Waals surface area contributed by atoms with E-state index in [-0.39, 0.29) is 16.7 Å². The number of carbonyl (C=O) groups is 2. The Morgan fingerprint density at radius 2 is 1.71 bits per heavy atom. The monoisotopic (exact) mass is 409 g/mol. The third kappa shape index (κ3) is 5.30. The van der Waals surface area contributed by atoms with Gasteiger partial charge in [0.15, 0.2) is 6.54 Å². The van der Waals surface area contributed by atoms with E-state index in [4.69, 9.17) is 0 Å². The molecule has 1 saturated carbocycles. The van der Waals surface area contributed by atoms with Crippen LogP contribution in [-0.2, 0) is 19.6 Å². The Morgan fingerprint density at radius 3 is 2.29 bits per heavy atom. The Labute approximate surface area is 166 Å². The molecule has 1 aliphatic heterocycles. The van der Waals surface area contributed by atoms with Crippen LogP contribution in [0, 0.1) is 0 Å². The lowest BCUT2D eigenvalue weighted by atomic mass is 10.2. The molecule has 0 bridgehead atoms. The van der Waals surface area contributed by atoms with Gasteiger partial charge in [-0.3, -0.25) is 9.59 Å². The van der Waals surface area contributed by atoms with Crippen LogP contribution in [0.3, 0.4) is 0 Å². The van der Waals surface area contributed by atoms with Crippen LogP contribution in [0.25, 0.3) is 0 Å². The van der Waals surface area contributed by atoms with Crippen molar-refractivity contribution in [2.45, 2.75) is 43.5 Å². The molecule has 28 heavy (non-hydrogen) atoms. The number of benzene rings is 1. The van der Waals surface area contributed by atoms with Gasteiger partial charge in [-0.25, -0.2) is 8.42 Å². The highest BCUT2D eigenvalue weighted by Crippen LogP contribution is 2.19. The molecule has 2 aliphatic rings. The third-order valence-corrected chi connectivity index (χ3v) is 7.29. The van der Waals surface area contributed by atoms with Crippen molar-refractivity contribution in [3.8, 4) is 0 Å². The van der Waals surface area contributed by atoms with E-state index in [2.05, 4.69) is 10.6 Å². The zero-order chi connectivity index (χ0) is 20.1. The van der Waals surface area contributed by atoms with E-state index in [1.54, 1.807) is 12.1 Å². The first-order chi connectivity index (χ1) is 13.3. The lowest BCUT2D eigenvalue weighted by Gasteiger charge is -2.31. The van der Waals surface area contributed by atoms with Gasteiger partial charge in [-0.15, -0.1) is 0 Å². The van der Waals surface area contributed by atoms with Crippen LogP contribution >= 0.6 is 0 Å². The van der Waals surface area contributed by atoms with Crippen molar-refractivity contribution in [2.75, 3.05) is 38.0 Å². The molecule has 2 amide bonds. The predicted octanol–water partition coefficient (Wildman–Crippen LogP) is -0.407. The highest BCUT2D eigenvalue weighted by molar-refractivity contribution is 7.89. The number of amides is 2. The Morgan fingerprint density at radius 1 is 1.11 bits per heavy atom. The second kappa shape index (κ2) is 9.02. The van der Waals surface area contributed by atoms with Gasteiger partial charge in [0.2, 0.25) is 15.9 Å². The van der Waals surface area contributed by atoms with Crippen LogP contribution in [-0.4, -0.2) is 63.3 Å². The molecule has 1 aliphatic carbocycles. The summed E-state index contributed by atoms with van der Waals surface area (Å²) in [6, 6.07) is 6.50. The van der Waals surface area contributed by atoms with E-state index in [9.17, 15) is 18.0 Å². The van der Waals surface area contributed by atoms with Gasteiger partial charge in [0, 0.05) is 18.7 Å². The second-order valence-corrected chi connectivity index (χ2v) is 9.52. The molecule has 8 nitrogen and oxygen atoms in total. The first kappa shape index (κ1) is 20.8. The molecule has 0 unspecified atom stereocenters. The Bertz CT molecular complexity index is 796. The molecule has 2 fully saturated rings. The van der Waals surface area contributed by atoms with Crippen LogP contribution in [0.5, 0.6) is 0 Å². The number of rotatable bonds is 6. The van der Waals surface area contributed by atoms with Gasteiger partial charge in [0.1, 0.15) is 0 Å². The number of carbonyl (C=O) groups excluding carboxylic acids is 2. The fourth-order valence-electron chi connectivity index (χ4n) is 3.86. The SMILES string of the molecule is CC(=O)Nc1ccc(S(=O)(=O)N2CC[NH+](CC(=O)NC3CCCC3)CC2)cc1. The summed E-state index contributed by atoms with van der Waals surface area (Å²) in [7, 11) is -3.57. The van der Waals surface area contributed by atoms with Crippen molar-refractivity contribution in [3.63, 3.8) is 0 Å². The van der Waals surface area contributed by atoms with Crippen molar-refractivity contribution in [1.29, 1.82) is 0 Å². The van der Waals surface area contributed by atoms with Crippen LogP contribution in [0.1, 0.15) is 32.6 Å². The molecule has 1 heterocycles. The van der Waals surface area contributed by atoms with Gasteiger partial charge in [-0.1, -0.05) is 12.8 Å². The quantitative estimate of drug-likeness (QED) is 0.595. The molecule has 3 N–H and O–H groups in total. The standard InChI is InChI=1S/C19H28N4O4S/c1-15(24)20-17-6-8-18(9-7-17)28(26,27)23-12-10-22(11-13-23)14-19(25)21-16-4-2-3-5-16/h6-9,16H,2-5,10-14H2,1H3,(H,20,24)(H,21,25)/p+1. The minimum absolute atomic E-state index is 0.0618. The number of hydrogen-bond acceptors (Lipinski definition) is 4. The molecule has 0 aromatic heterocycles. The Kier molecular flexibility index (Phi) is 6.69. The highest BCUT2D eigenvalue weighted by Gasteiger charge is 2.31. The lowest BCUT2D eigenvalue weighted by molar-refractivity contribution is -0.895. The topological polar surface area (TPSA) is 100 Å². The summed E-state index contributed by atoms with van der Waals surface area (Å²) in [5.41, 5.74) is 0.564. The molecule has 3 rings (SSSR count). The second-order valence-electron chi connectivity index (χ2n) is 7.59. The van der Waals surface area contributed by atoms with Gasteiger partial charge in [0.25, 0.3) is 5.91 Å². The molecule has 0 spiro atoms. The smallest absolute Gasteiger partial charge is 0.275 e. The van der Waals surface area contributed by atoms with Crippen molar-refractivity contribution >= 4 is 27.5 Å². The van der Waals surface area contributed by atoms with E-state index in [1.807, 2.05) is 0 Å². The van der Waals surface area contributed by atoms with E-state index >= 15 is 0 Å². The number of piperazine rings is 1. The average molecular weight is 410 g/mol. The van der Waals surface area contributed by atoms with Crippen LogP contribution < -0.4 is 15.5 Å². The molecular formula is C19H29N4O4S+. The minimum atomic E-state index is -3.57. The fraction of sp³-hybridized carbons (Fsp3) is 0.579. The maximum atomic E-state index is 12.8. The zero-order valence-electron chi connectivity index (χ0n) is 16.2.